The first-order chi connectivity index (χ1) is 8.24. The Kier molecular flexibility index (Phi) is 3.69. The summed E-state index contributed by atoms with van der Waals surface area (Å²) in [5, 5.41) is 3.37. The third-order valence-electron chi connectivity index (χ3n) is 3.60. The number of nitrogens with one attached hydrogen (secondary N) is 1. The molecule has 2 rings (SSSR count). The van der Waals surface area contributed by atoms with E-state index in [9.17, 15) is 0 Å². The van der Waals surface area contributed by atoms with E-state index in [4.69, 9.17) is 9.47 Å². The first-order valence-corrected chi connectivity index (χ1v) is 6.19. The van der Waals surface area contributed by atoms with Crippen molar-refractivity contribution in [1.29, 1.82) is 0 Å². The van der Waals surface area contributed by atoms with Gasteiger partial charge in [0.05, 0.1) is 6.61 Å². The van der Waals surface area contributed by atoms with Crippen molar-refractivity contribution in [3.63, 3.8) is 0 Å². The summed E-state index contributed by atoms with van der Waals surface area (Å²) in [6, 6.07) is 8.59. The van der Waals surface area contributed by atoms with Crippen LogP contribution in [0.4, 0.5) is 0 Å². The van der Waals surface area contributed by atoms with E-state index in [2.05, 4.69) is 24.4 Å². The molecule has 0 bridgehead atoms. The molecule has 0 saturated heterocycles. The van der Waals surface area contributed by atoms with Crippen molar-refractivity contribution in [2.75, 3.05) is 20.8 Å². The van der Waals surface area contributed by atoms with Crippen molar-refractivity contribution >= 4 is 0 Å². The van der Waals surface area contributed by atoms with Gasteiger partial charge in [-0.05, 0) is 19.5 Å². The van der Waals surface area contributed by atoms with Crippen LogP contribution in [-0.4, -0.2) is 26.4 Å². The average Bonchev–Trinajstić information content (AvgIpc) is 2.38. The van der Waals surface area contributed by atoms with Crippen molar-refractivity contribution in [2.24, 2.45) is 0 Å². The van der Waals surface area contributed by atoms with Crippen LogP contribution in [0.25, 0.3) is 0 Å². The van der Waals surface area contributed by atoms with Crippen molar-refractivity contribution < 1.29 is 9.47 Å². The van der Waals surface area contributed by atoms with E-state index in [1.165, 1.54) is 5.56 Å². The average molecular weight is 235 g/mol. The van der Waals surface area contributed by atoms with E-state index in [-0.39, 0.29) is 5.60 Å². The smallest absolute Gasteiger partial charge is 0.134 e. The summed E-state index contributed by atoms with van der Waals surface area (Å²) < 4.78 is 11.5. The van der Waals surface area contributed by atoms with Crippen LogP contribution in [0.5, 0.6) is 5.75 Å². The predicted molar refractivity (Wildman–Crippen MR) is 68.4 cm³/mol. The van der Waals surface area contributed by atoms with Crippen molar-refractivity contribution in [3.05, 3.63) is 29.8 Å². The lowest BCUT2D eigenvalue weighted by molar-refractivity contribution is -0.0364. The molecule has 94 valence electrons. The lowest BCUT2D eigenvalue weighted by Gasteiger charge is -2.41. The van der Waals surface area contributed by atoms with Gasteiger partial charge >= 0.3 is 0 Å². The monoisotopic (exact) mass is 235 g/mol. The molecule has 1 aliphatic heterocycles. The molecule has 1 heterocycles. The second-order valence-corrected chi connectivity index (χ2v) is 4.65. The second kappa shape index (κ2) is 5.07. The highest BCUT2D eigenvalue weighted by Crippen LogP contribution is 2.40. The van der Waals surface area contributed by atoms with Gasteiger partial charge in [0.15, 0.2) is 0 Å². The quantitative estimate of drug-likeness (QED) is 0.870. The van der Waals surface area contributed by atoms with Gasteiger partial charge in [0, 0.05) is 25.1 Å². The minimum atomic E-state index is -0.198. The Hall–Kier alpha value is -1.06. The van der Waals surface area contributed by atoms with E-state index in [0.29, 0.717) is 12.6 Å². The van der Waals surface area contributed by atoms with Crippen LogP contribution in [0.1, 0.15) is 31.4 Å². The summed E-state index contributed by atoms with van der Waals surface area (Å²) in [6.07, 6.45) is 1.90. The molecule has 0 fully saturated rings. The molecule has 0 radical (unpaired) electrons. The maximum Gasteiger partial charge on any atom is 0.134 e. The van der Waals surface area contributed by atoms with Gasteiger partial charge in [0.1, 0.15) is 11.4 Å². The third-order valence-corrected chi connectivity index (χ3v) is 3.60. The minimum Gasteiger partial charge on any atom is -0.484 e. The summed E-state index contributed by atoms with van der Waals surface area (Å²) in [4.78, 5) is 0. The summed E-state index contributed by atoms with van der Waals surface area (Å²) in [6.45, 7) is 2.79. The predicted octanol–water partition coefficient (Wildman–Crippen LogP) is 2.52. The molecule has 0 aliphatic carbocycles. The summed E-state index contributed by atoms with van der Waals surface area (Å²) in [5.41, 5.74) is 1.05. The van der Waals surface area contributed by atoms with Gasteiger partial charge in [-0.25, -0.2) is 0 Å². The molecule has 0 spiro atoms. The number of methoxy groups -OCH3 is 1. The molecule has 0 aromatic heterocycles. The summed E-state index contributed by atoms with van der Waals surface area (Å²) in [7, 11) is 3.73. The van der Waals surface area contributed by atoms with Gasteiger partial charge < -0.3 is 14.8 Å². The molecule has 3 heteroatoms. The number of ether oxygens (including phenoxy) is 2. The molecule has 17 heavy (non-hydrogen) atoms. The molecule has 1 aromatic carbocycles. The molecule has 1 N–H and O–H groups in total. The van der Waals surface area contributed by atoms with Crippen LogP contribution in [0.2, 0.25) is 0 Å². The Bertz CT molecular complexity index is 380. The highest BCUT2D eigenvalue weighted by Gasteiger charge is 2.39. The van der Waals surface area contributed by atoms with Gasteiger partial charge in [-0.3, -0.25) is 0 Å². The van der Waals surface area contributed by atoms with Crippen LogP contribution < -0.4 is 10.1 Å². The van der Waals surface area contributed by atoms with E-state index < -0.39 is 0 Å². The summed E-state index contributed by atoms with van der Waals surface area (Å²) >= 11 is 0. The van der Waals surface area contributed by atoms with E-state index >= 15 is 0 Å². The number of rotatable bonds is 4. The van der Waals surface area contributed by atoms with Crippen molar-refractivity contribution in [2.45, 2.75) is 31.4 Å². The van der Waals surface area contributed by atoms with Gasteiger partial charge in [0.2, 0.25) is 0 Å². The zero-order valence-corrected chi connectivity index (χ0v) is 10.8. The van der Waals surface area contributed by atoms with Crippen molar-refractivity contribution in [3.8, 4) is 5.75 Å². The van der Waals surface area contributed by atoms with Gasteiger partial charge in [0.25, 0.3) is 0 Å². The zero-order chi connectivity index (χ0) is 12.3. The SMILES string of the molecule is CCC1(COC)CC(NC)c2ccccc2O1. The van der Waals surface area contributed by atoms with Crippen LogP contribution in [0.3, 0.4) is 0 Å². The minimum absolute atomic E-state index is 0.198. The fourth-order valence-corrected chi connectivity index (χ4v) is 2.55. The van der Waals surface area contributed by atoms with Crippen LogP contribution in [0.15, 0.2) is 24.3 Å². The number of hydrogen-bond acceptors (Lipinski definition) is 3. The Labute approximate surface area is 103 Å². The van der Waals surface area contributed by atoms with E-state index in [1.54, 1.807) is 7.11 Å². The summed E-state index contributed by atoms with van der Waals surface area (Å²) in [5.74, 6) is 0.983. The number of benzene rings is 1. The van der Waals surface area contributed by atoms with Gasteiger partial charge in [-0.15, -0.1) is 0 Å². The normalized spacial score (nSPS) is 27.4. The Morgan fingerprint density at radius 2 is 2.24 bits per heavy atom. The third kappa shape index (κ3) is 2.31. The molecule has 2 unspecified atom stereocenters. The van der Waals surface area contributed by atoms with Gasteiger partial charge in [-0.1, -0.05) is 25.1 Å². The molecule has 0 amide bonds. The fraction of sp³-hybridized carbons (Fsp3) is 0.571. The van der Waals surface area contributed by atoms with Crippen LogP contribution >= 0.6 is 0 Å². The number of hydrogen-bond donors (Lipinski definition) is 1. The molecule has 2 atom stereocenters. The first-order valence-electron chi connectivity index (χ1n) is 6.19. The first kappa shape index (κ1) is 12.4. The Balaban J connectivity index is 2.34. The van der Waals surface area contributed by atoms with Crippen LogP contribution in [0, 0.1) is 0 Å². The number of fused-ring (bicyclic) bond motifs is 1. The molecule has 0 saturated carbocycles. The Morgan fingerprint density at radius 1 is 1.47 bits per heavy atom. The maximum absolute atomic E-state index is 6.18. The maximum atomic E-state index is 6.18. The lowest BCUT2D eigenvalue weighted by Crippen LogP contribution is -2.46. The lowest BCUT2D eigenvalue weighted by atomic mass is 9.86. The molecular weight excluding hydrogens is 214 g/mol. The topological polar surface area (TPSA) is 30.5 Å². The van der Waals surface area contributed by atoms with Crippen LogP contribution in [-0.2, 0) is 4.74 Å². The highest BCUT2D eigenvalue weighted by molar-refractivity contribution is 5.38. The van der Waals surface area contributed by atoms with E-state index in [1.807, 2.05) is 19.2 Å². The second-order valence-electron chi connectivity index (χ2n) is 4.65. The van der Waals surface area contributed by atoms with Crippen molar-refractivity contribution in [1.82, 2.24) is 5.32 Å². The highest BCUT2D eigenvalue weighted by atomic mass is 16.5. The molecule has 1 aromatic rings. The molecule has 3 nitrogen and oxygen atoms in total. The van der Waals surface area contributed by atoms with E-state index in [0.717, 1.165) is 18.6 Å². The number of para-hydroxylation sites is 1. The zero-order valence-electron chi connectivity index (χ0n) is 10.8. The fourth-order valence-electron chi connectivity index (χ4n) is 2.55. The molecular formula is C14H21NO2. The standard InChI is InChI=1S/C14H21NO2/c1-4-14(10-16-3)9-12(15-2)11-7-5-6-8-13(11)17-14/h5-8,12,15H,4,9-10H2,1-3H3. The van der Waals surface area contributed by atoms with Gasteiger partial charge in [-0.2, -0.15) is 0 Å². The molecule has 1 aliphatic rings. The largest absolute Gasteiger partial charge is 0.484 e. The Morgan fingerprint density at radius 3 is 2.88 bits per heavy atom.